The van der Waals surface area contributed by atoms with Gasteiger partial charge in [-0.2, -0.15) is 5.10 Å². The van der Waals surface area contributed by atoms with Crippen molar-refractivity contribution in [1.29, 1.82) is 0 Å². The van der Waals surface area contributed by atoms with E-state index in [4.69, 9.17) is 0 Å². The third-order valence-corrected chi connectivity index (χ3v) is 3.70. The van der Waals surface area contributed by atoms with Crippen LogP contribution < -0.4 is 5.43 Å². The zero-order valence-corrected chi connectivity index (χ0v) is 12.0. The molecule has 1 heterocycles. The molecule has 22 heavy (non-hydrogen) atoms. The normalized spacial score (nSPS) is 14.5. The number of carbonyl (C=O) groups excluding carboxylic acids is 1. The van der Waals surface area contributed by atoms with Gasteiger partial charge >= 0.3 is 0 Å². The van der Waals surface area contributed by atoms with Crippen LogP contribution in [0.4, 0.5) is 8.78 Å². The standard InChI is InChI=1S/C17H14F2N2O/c1-10-2-4-12(18)9-14(10)13-5-3-11(8-15(13)19)16-6-7-17(22)21-20-16/h2-5,8-9H,6-7H2,1H3,(H,21,22). The Morgan fingerprint density at radius 2 is 1.86 bits per heavy atom. The molecule has 1 N–H and O–H groups in total. The Kier molecular flexibility index (Phi) is 3.71. The van der Waals surface area contributed by atoms with E-state index in [2.05, 4.69) is 10.5 Å². The number of rotatable bonds is 2. The molecule has 0 radical (unpaired) electrons. The minimum absolute atomic E-state index is 0.142. The van der Waals surface area contributed by atoms with Crippen molar-refractivity contribution in [1.82, 2.24) is 5.43 Å². The van der Waals surface area contributed by atoms with Gasteiger partial charge in [0.25, 0.3) is 0 Å². The average molecular weight is 300 g/mol. The topological polar surface area (TPSA) is 41.5 Å². The molecule has 0 fully saturated rings. The molecule has 0 atom stereocenters. The fourth-order valence-electron chi connectivity index (χ4n) is 2.48. The predicted octanol–water partition coefficient (Wildman–Crippen LogP) is 3.55. The maximum Gasteiger partial charge on any atom is 0.240 e. The molecule has 5 heteroatoms. The number of benzene rings is 2. The maximum absolute atomic E-state index is 14.4. The van der Waals surface area contributed by atoms with Crippen molar-refractivity contribution in [3.05, 3.63) is 59.2 Å². The van der Waals surface area contributed by atoms with Gasteiger partial charge in [0.2, 0.25) is 5.91 Å². The minimum atomic E-state index is -0.439. The first-order valence-corrected chi connectivity index (χ1v) is 6.96. The number of hydrogen-bond donors (Lipinski definition) is 1. The van der Waals surface area contributed by atoms with Crippen molar-refractivity contribution >= 4 is 11.6 Å². The molecule has 0 spiro atoms. The van der Waals surface area contributed by atoms with Crippen LogP contribution in [0.5, 0.6) is 0 Å². The third-order valence-electron chi connectivity index (χ3n) is 3.70. The van der Waals surface area contributed by atoms with Gasteiger partial charge in [-0.3, -0.25) is 4.79 Å². The van der Waals surface area contributed by atoms with E-state index in [1.807, 2.05) is 6.92 Å². The Bertz CT molecular complexity index is 784. The highest BCUT2D eigenvalue weighted by Crippen LogP contribution is 2.28. The molecule has 0 aliphatic carbocycles. The smallest absolute Gasteiger partial charge is 0.240 e. The zero-order valence-electron chi connectivity index (χ0n) is 12.0. The molecule has 2 aromatic carbocycles. The molecule has 0 bridgehead atoms. The fourth-order valence-corrected chi connectivity index (χ4v) is 2.48. The molecule has 2 aromatic rings. The molecular formula is C17H14F2N2O. The lowest BCUT2D eigenvalue weighted by atomic mass is 9.96. The van der Waals surface area contributed by atoms with E-state index in [0.29, 0.717) is 35.2 Å². The predicted molar refractivity (Wildman–Crippen MR) is 80.4 cm³/mol. The van der Waals surface area contributed by atoms with Gasteiger partial charge in [-0.1, -0.05) is 18.2 Å². The second-order valence-electron chi connectivity index (χ2n) is 5.25. The summed E-state index contributed by atoms with van der Waals surface area (Å²) in [7, 11) is 0. The van der Waals surface area contributed by atoms with Gasteiger partial charge in [0.1, 0.15) is 11.6 Å². The molecule has 3 rings (SSSR count). The number of hydrogen-bond acceptors (Lipinski definition) is 2. The van der Waals surface area contributed by atoms with Gasteiger partial charge < -0.3 is 0 Å². The highest BCUT2D eigenvalue weighted by atomic mass is 19.1. The van der Waals surface area contributed by atoms with E-state index in [1.54, 1.807) is 18.2 Å². The Labute approximate surface area is 126 Å². The number of hydrazone groups is 1. The van der Waals surface area contributed by atoms with Crippen LogP contribution >= 0.6 is 0 Å². The Hall–Kier alpha value is -2.56. The van der Waals surface area contributed by atoms with E-state index in [0.717, 1.165) is 5.56 Å². The summed E-state index contributed by atoms with van der Waals surface area (Å²) in [5.74, 6) is -0.981. The molecule has 112 valence electrons. The minimum Gasteiger partial charge on any atom is -0.273 e. The summed E-state index contributed by atoms with van der Waals surface area (Å²) in [4.78, 5) is 11.1. The Balaban J connectivity index is 1.99. The van der Waals surface area contributed by atoms with E-state index < -0.39 is 11.6 Å². The monoisotopic (exact) mass is 300 g/mol. The van der Waals surface area contributed by atoms with Crippen LogP contribution in [0.15, 0.2) is 41.5 Å². The summed E-state index contributed by atoms with van der Waals surface area (Å²) in [5.41, 5.74) is 5.33. The van der Waals surface area contributed by atoms with E-state index in [1.165, 1.54) is 18.2 Å². The van der Waals surface area contributed by atoms with Crippen molar-refractivity contribution < 1.29 is 13.6 Å². The first kappa shape index (κ1) is 14.4. The van der Waals surface area contributed by atoms with Crippen molar-refractivity contribution in [2.75, 3.05) is 0 Å². The number of nitrogens with one attached hydrogen (secondary N) is 1. The molecular weight excluding hydrogens is 286 g/mol. The molecule has 1 aliphatic rings. The lowest BCUT2D eigenvalue weighted by Gasteiger charge is -2.13. The Morgan fingerprint density at radius 1 is 1.05 bits per heavy atom. The van der Waals surface area contributed by atoms with Crippen LogP contribution in [0.1, 0.15) is 24.0 Å². The Morgan fingerprint density at radius 3 is 2.55 bits per heavy atom. The van der Waals surface area contributed by atoms with Crippen molar-refractivity contribution in [2.45, 2.75) is 19.8 Å². The first-order valence-electron chi connectivity index (χ1n) is 6.96. The number of carbonyl (C=O) groups is 1. The van der Waals surface area contributed by atoms with Crippen LogP contribution in [0.3, 0.4) is 0 Å². The number of amides is 1. The van der Waals surface area contributed by atoms with Gasteiger partial charge in [-0.15, -0.1) is 0 Å². The van der Waals surface area contributed by atoms with E-state index in [-0.39, 0.29) is 5.91 Å². The van der Waals surface area contributed by atoms with Crippen LogP contribution in [0, 0.1) is 18.6 Å². The summed E-state index contributed by atoms with van der Waals surface area (Å²) in [6.45, 7) is 1.81. The maximum atomic E-state index is 14.4. The van der Waals surface area contributed by atoms with Gasteiger partial charge in [-0.05, 0) is 36.2 Å². The average Bonchev–Trinajstić information content (AvgIpc) is 2.51. The lowest BCUT2D eigenvalue weighted by Crippen LogP contribution is -2.25. The molecule has 0 saturated heterocycles. The second kappa shape index (κ2) is 5.67. The molecule has 1 amide bonds. The molecule has 0 aromatic heterocycles. The van der Waals surface area contributed by atoms with E-state index in [9.17, 15) is 13.6 Å². The number of nitrogens with zero attached hydrogens (tertiary/aromatic N) is 1. The summed E-state index contributed by atoms with van der Waals surface area (Å²) < 4.78 is 27.8. The number of halogens is 2. The van der Waals surface area contributed by atoms with Gasteiger partial charge in [0, 0.05) is 24.0 Å². The van der Waals surface area contributed by atoms with Gasteiger partial charge in [0.15, 0.2) is 0 Å². The quantitative estimate of drug-likeness (QED) is 0.905. The van der Waals surface area contributed by atoms with Crippen molar-refractivity contribution in [3.63, 3.8) is 0 Å². The summed E-state index contributed by atoms with van der Waals surface area (Å²) in [5, 5.41) is 3.95. The van der Waals surface area contributed by atoms with Crippen LogP contribution in [0.2, 0.25) is 0 Å². The lowest BCUT2D eigenvalue weighted by molar-refractivity contribution is -0.121. The van der Waals surface area contributed by atoms with E-state index >= 15 is 0 Å². The summed E-state index contributed by atoms with van der Waals surface area (Å²) in [6, 6.07) is 9.02. The highest BCUT2D eigenvalue weighted by Gasteiger charge is 2.16. The van der Waals surface area contributed by atoms with Gasteiger partial charge in [-0.25, -0.2) is 14.2 Å². The first-order chi connectivity index (χ1) is 10.5. The highest BCUT2D eigenvalue weighted by molar-refractivity contribution is 6.04. The van der Waals surface area contributed by atoms with Crippen LogP contribution in [-0.4, -0.2) is 11.6 Å². The molecule has 0 unspecified atom stereocenters. The third kappa shape index (κ3) is 2.74. The van der Waals surface area contributed by atoms with Crippen LogP contribution in [0.25, 0.3) is 11.1 Å². The molecule has 0 saturated carbocycles. The summed E-state index contributed by atoms with van der Waals surface area (Å²) in [6.07, 6.45) is 0.814. The number of aryl methyl sites for hydroxylation is 1. The van der Waals surface area contributed by atoms with Gasteiger partial charge in [0.05, 0.1) is 5.71 Å². The fraction of sp³-hybridized carbons (Fsp3) is 0.176. The second-order valence-corrected chi connectivity index (χ2v) is 5.25. The molecule has 3 nitrogen and oxygen atoms in total. The van der Waals surface area contributed by atoms with Crippen LogP contribution in [-0.2, 0) is 4.79 Å². The summed E-state index contributed by atoms with van der Waals surface area (Å²) >= 11 is 0. The molecule has 1 aliphatic heterocycles. The largest absolute Gasteiger partial charge is 0.273 e. The van der Waals surface area contributed by atoms with Crippen molar-refractivity contribution in [2.24, 2.45) is 5.10 Å². The SMILES string of the molecule is Cc1ccc(F)cc1-c1ccc(C2=NNC(=O)CC2)cc1F. The van der Waals surface area contributed by atoms with Crippen molar-refractivity contribution in [3.8, 4) is 11.1 Å². The zero-order chi connectivity index (χ0) is 15.7.